The molecule has 20 heavy (non-hydrogen) atoms. The van der Waals surface area contributed by atoms with Gasteiger partial charge in [0, 0.05) is 6.54 Å². The summed E-state index contributed by atoms with van der Waals surface area (Å²) in [5, 5.41) is 7.92. The molecular weight excluding hydrogens is 253 g/mol. The number of hydrogen-bond donors (Lipinski definition) is 1. The lowest BCUT2D eigenvalue weighted by Gasteiger charge is -2.20. The monoisotopic (exact) mass is 275 g/mol. The molecule has 3 nitrogen and oxygen atoms in total. The van der Waals surface area contributed by atoms with Crippen LogP contribution in [-0.2, 0) is 6.54 Å². The summed E-state index contributed by atoms with van der Waals surface area (Å²) in [6, 6.07) is 7.21. The SMILES string of the molecule is CCNC(c1cc(C)cc(F)c1)c1cc(C)nn1CC. The lowest BCUT2D eigenvalue weighted by atomic mass is 10.0. The summed E-state index contributed by atoms with van der Waals surface area (Å²) in [5.41, 5.74) is 3.94. The third-order valence-electron chi connectivity index (χ3n) is 3.33. The second kappa shape index (κ2) is 6.18. The van der Waals surface area contributed by atoms with Crippen LogP contribution >= 0.6 is 0 Å². The normalized spacial score (nSPS) is 12.7. The van der Waals surface area contributed by atoms with Crippen molar-refractivity contribution in [3.8, 4) is 0 Å². The smallest absolute Gasteiger partial charge is 0.123 e. The fourth-order valence-corrected chi connectivity index (χ4v) is 2.58. The molecular formula is C16H22FN3. The molecule has 1 heterocycles. The van der Waals surface area contributed by atoms with Crippen LogP contribution in [0.15, 0.2) is 24.3 Å². The summed E-state index contributed by atoms with van der Waals surface area (Å²) in [5.74, 6) is -0.192. The zero-order chi connectivity index (χ0) is 14.7. The molecule has 0 aliphatic rings. The molecule has 1 atom stereocenters. The van der Waals surface area contributed by atoms with E-state index in [9.17, 15) is 4.39 Å². The van der Waals surface area contributed by atoms with Gasteiger partial charge >= 0.3 is 0 Å². The molecule has 0 aliphatic heterocycles. The van der Waals surface area contributed by atoms with Gasteiger partial charge in [0.2, 0.25) is 0 Å². The highest BCUT2D eigenvalue weighted by Gasteiger charge is 2.19. The molecule has 0 spiro atoms. The van der Waals surface area contributed by atoms with Crippen LogP contribution in [0.5, 0.6) is 0 Å². The Hall–Kier alpha value is -1.68. The molecule has 0 aliphatic carbocycles. The van der Waals surface area contributed by atoms with E-state index in [1.807, 2.05) is 24.6 Å². The zero-order valence-electron chi connectivity index (χ0n) is 12.6. The molecule has 1 unspecified atom stereocenters. The lowest BCUT2D eigenvalue weighted by molar-refractivity contribution is 0.537. The number of nitrogens with zero attached hydrogens (tertiary/aromatic N) is 2. The fraction of sp³-hybridized carbons (Fsp3) is 0.438. The van der Waals surface area contributed by atoms with Crippen molar-refractivity contribution in [3.63, 3.8) is 0 Å². The summed E-state index contributed by atoms with van der Waals surface area (Å²) < 4.78 is 15.7. The number of aromatic nitrogens is 2. The van der Waals surface area contributed by atoms with E-state index in [-0.39, 0.29) is 11.9 Å². The van der Waals surface area contributed by atoms with Crippen LogP contribution in [-0.4, -0.2) is 16.3 Å². The highest BCUT2D eigenvalue weighted by atomic mass is 19.1. The number of nitrogens with one attached hydrogen (secondary N) is 1. The van der Waals surface area contributed by atoms with Gasteiger partial charge in [-0.05, 0) is 56.6 Å². The summed E-state index contributed by atoms with van der Waals surface area (Å²) >= 11 is 0. The molecule has 108 valence electrons. The standard InChI is InChI=1S/C16H22FN3/c1-5-18-16(13-7-11(3)8-14(17)10-13)15-9-12(4)19-20(15)6-2/h7-10,16,18H,5-6H2,1-4H3. The van der Waals surface area contributed by atoms with Gasteiger partial charge < -0.3 is 5.32 Å². The number of benzene rings is 1. The van der Waals surface area contributed by atoms with E-state index in [0.717, 1.165) is 35.6 Å². The maximum Gasteiger partial charge on any atom is 0.123 e. The Morgan fingerprint density at radius 2 is 1.95 bits per heavy atom. The van der Waals surface area contributed by atoms with Gasteiger partial charge in [-0.3, -0.25) is 4.68 Å². The Labute approximate surface area is 119 Å². The van der Waals surface area contributed by atoms with Crippen molar-refractivity contribution >= 4 is 0 Å². The lowest BCUT2D eigenvalue weighted by Crippen LogP contribution is -2.25. The van der Waals surface area contributed by atoms with Gasteiger partial charge in [-0.15, -0.1) is 0 Å². The topological polar surface area (TPSA) is 29.9 Å². The molecule has 2 aromatic rings. The summed E-state index contributed by atoms with van der Waals surface area (Å²) in [7, 11) is 0. The highest BCUT2D eigenvalue weighted by Crippen LogP contribution is 2.24. The molecule has 0 saturated carbocycles. The first-order valence-electron chi connectivity index (χ1n) is 7.10. The van der Waals surface area contributed by atoms with Gasteiger partial charge in [-0.1, -0.05) is 13.0 Å². The van der Waals surface area contributed by atoms with Crippen molar-refractivity contribution in [2.24, 2.45) is 0 Å². The van der Waals surface area contributed by atoms with Gasteiger partial charge in [0.15, 0.2) is 0 Å². The Morgan fingerprint density at radius 1 is 1.20 bits per heavy atom. The fourth-order valence-electron chi connectivity index (χ4n) is 2.58. The predicted molar refractivity (Wildman–Crippen MR) is 79.3 cm³/mol. The van der Waals surface area contributed by atoms with E-state index >= 15 is 0 Å². The molecule has 0 radical (unpaired) electrons. The van der Waals surface area contributed by atoms with Gasteiger partial charge in [0.1, 0.15) is 5.82 Å². The molecule has 0 saturated heterocycles. The maximum atomic E-state index is 13.7. The number of rotatable bonds is 5. The molecule has 4 heteroatoms. The molecule has 0 amide bonds. The van der Waals surface area contributed by atoms with E-state index < -0.39 is 0 Å². The van der Waals surface area contributed by atoms with Crippen LogP contribution in [0.4, 0.5) is 4.39 Å². The maximum absolute atomic E-state index is 13.7. The van der Waals surface area contributed by atoms with E-state index in [2.05, 4.69) is 30.3 Å². The van der Waals surface area contributed by atoms with E-state index in [1.54, 1.807) is 12.1 Å². The number of aryl methyl sites for hydroxylation is 3. The first kappa shape index (κ1) is 14.7. The van der Waals surface area contributed by atoms with Crippen LogP contribution in [0.25, 0.3) is 0 Å². The molecule has 0 fully saturated rings. The number of halogens is 1. The summed E-state index contributed by atoms with van der Waals surface area (Å²) in [4.78, 5) is 0. The van der Waals surface area contributed by atoms with Crippen molar-refractivity contribution in [1.29, 1.82) is 0 Å². The van der Waals surface area contributed by atoms with Crippen molar-refractivity contribution in [2.45, 2.75) is 40.3 Å². The minimum Gasteiger partial charge on any atom is -0.305 e. The summed E-state index contributed by atoms with van der Waals surface area (Å²) in [6.45, 7) is 9.63. The zero-order valence-corrected chi connectivity index (χ0v) is 12.6. The molecule has 2 rings (SSSR count). The average molecular weight is 275 g/mol. The van der Waals surface area contributed by atoms with E-state index in [1.165, 1.54) is 0 Å². The average Bonchev–Trinajstić information content (AvgIpc) is 2.75. The molecule has 1 aromatic heterocycles. The van der Waals surface area contributed by atoms with Crippen LogP contribution in [0.2, 0.25) is 0 Å². The van der Waals surface area contributed by atoms with E-state index in [4.69, 9.17) is 0 Å². The van der Waals surface area contributed by atoms with Crippen LogP contribution in [0, 0.1) is 19.7 Å². The molecule has 1 N–H and O–H groups in total. The van der Waals surface area contributed by atoms with Gasteiger partial charge in [-0.25, -0.2) is 4.39 Å². The largest absolute Gasteiger partial charge is 0.305 e. The Kier molecular flexibility index (Phi) is 4.55. The third-order valence-corrected chi connectivity index (χ3v) is 3.33. The van der Waals surface area contributed by atoms with Gasteiger partial charge in [0.25, 0.3) is 0 Å². The first-order chi connectivity index (χ1) is 9.55. The second-order valence-electron chi connectivity index (χ2n) is 5.08. The van der Waals surface area contributed by atoms with Crippen molar-refractivity contribution < 1.29 is 4.39 Å². The molecule has 1 aromatic carbocycles. The minimum absolute atomic E-state index is 0.0319. The van der Waals surface area contributed by atoms with Gasteiger partial charge in [-0.2, -0.15) is 5.10 Å². The predicted octanol–water partition coefficient (Wildman–Crippen LogP) is 3.36. The van der Waals surface area contributed by atoms with Crippen molar-refractivity contribution in [2.75, 3.05) is 6.54 Å². The Morgan fingerprint density at radius 3 is 2.55 bits per heavy atom. The van der Waals surface area contributed by atoms with Crippen LogP contribution in [0.3, 0.4) is 0 Å². The van der Waals surface area contributed by atoms with Crippen LogP contribution in [0.1, 0.15) is 42.4 Å². The number of hydrogen-bond acceptors (Lipinski definition) is 2. The quantitative estimate of drug-likeness (QED) is 0.907. The minimum atomic E-state index is -0.192. The third kappa shape index (κ3) is 3.07. The Bertz CT molecular complexity index is 569. The van der Waals surface area contributed by atoms with Crippen molar-refractivity contribution in [1.82, 2.24) is 15.1 Å². The van der Waals surface area contributed by atoms with Crippen molar-refractivity contribution in [3.05, 3.63) is 52.6 Å². The van der Waals surface area contributed by atoms with E-state index in [0.29, 0.717) is 0 Å². The van der Waals surface area contributed by atoms with Crippen LogP contribution < -0.4 is 5.32 Å². The highest BCUT2D eigenvalue weighted by molar-refractivity contribution is 5.32. The first-order valence-corrected chi connectivity index (χ1v) is 7.10. The molecule has 0 bridgehead atoms. The van der Waals surface area contributed by atoms with Gasteiger partial charge in [0.05, 0.1) is 17.4 Å². The summed E-state index contributed by atoms with van der Waals surface area (Å²) in [6.07, 6.45) is 0. The Balaban J connectivity index is 2.49. The second-order valence-corrected chi connectivity index (χ2v) is 5.08.